The van der Waals surface area contributed by atoms with E-state index < -0.39 is 11.9 Å². The molecule has 0 radical (unpaired) electrons. The molecule has 0 saturated carbocycles. The fourth-order valence-electron chi connectivity index (χ4n) is 0.936. The van der Waals surface area contributed by atoms with Gasteiger partial charge in [0.05, 0.1) is 0 Å². The molecular formula is C11H8FNO. The molecular weight excluding hydrogens is 181 g/mol. The van der Waals surface area contributed by atoms with Crippen molar-refractivity contribution in [2.24, 2.45) is 0 Å². The predicted molar refractivity (Wildman–Crippen MR) is 50.0 cm³/mol. The maximum absolute atomic E-state index is 13.1. The van der Waals surface area contributed by atoms with Crippen molar-refractivity contribution in [3.8, 4) is 24.2 Å². The van der Waals surface area contributed by atoms with Crippen LogP contribution in [0.4, 0.5) is 4.39 Å². The number of terminal acetylenes is 1. The topological polar surface area (TPSA) is 33.0 Å². The van der Waals surface area contributed by atoms with Crippen LogP contribution < -0.4 is 4.74 Å². The van der Waals surface area contributed by atoms with Crippen molar-refractivity contribution in [2.75, 3.05) is 0 Å². The number of nitrogens with zero attached hydrogens (tertiary/aromatic N) is 1. The van der Waals surface area contributed by atoms with Crippen LogP contribution in [0.1, 0.15) is 12.5 Å². The molecule has 0 spiro atoms. The molecule has 0 N–H and O–H groups in total. The van der Waals surface area contributed by atoms with Crippen molar-refractivity contribution in [3.63, 3.8) is 0 Å². The average molecular weight is 189 g/mol. The zero-order valence-electron chi connectivity index (χ0n) is 7.62. The molecule has 0 amide bonds. The van der Waals surface area contributed by atoms with Crippen LogP contribution in [0.5, 0.6) is 5.75 Å². The first-order valence-corrected chi connectivity index (χ1v) is 4.00. The Morgan fingerprint density at radius 3 is 2.86 bits per heavy atom. The molecule has 0 aromatic heterocycles. The van der Waals surface area contributed by atoms with Gasteiger partial charge in [-0.1, -0.05) is 12.0 Å². The van der Waals surface area contributed by atoms with Crippen molar-refractivity contribution in [3.05, 3.63) is 29.6 Å². The number of rotatable bonds is 2. The summed E-state index contributed by atoms with van der Waals surface area (Å²) in [5, 5.41) is 8.66. The third kappa shape index (κ3) is 2.02. The minimum Gasteiger partial charge on any atom is -0.477 e. The first kappa shape index (κ1) is 10.1. The van der Waals surface area contributed by atoms with E-state index in [1.54, 1.807) is 13.0 Å². The van der Waals surface area contributed by atoms with Gasteiger partial charge in [0.25, 0.3) is 0 Å². The second-order valence-corrected chi connectivity index (χ2v) is 2.65. The monoisotopic (exact) mass is 189 g/mol. The number of halogens is 1. The Morgan fingerprint density at radius 2 is 2.29 bits per heavy atom. The number of benzene rings is 1. The Bertz CT molecular complexity index is 414. The SMILES string of the molecule is C#CC(C)Oc1cccc(F)c1C#N. The Labute approximate surface area is 81.9 Å². The quantitative estimate of drug-likeness (QED) is 0.667. The summed E-state index contributed by atoms with van der Waals surface area (Å²) in [6.07, 6.45) is 4.62. The standard InChI is InChI=1S/C11H8FNO/c1-3-8(2)14-11-6-4-5-10(12)9(11)7-13/h1,4-6,8H,2H3. The first-order valence-electron chi connectivity index (χ1n) is 4.00. The smallest absolute Gasteiger partial charge is 0.156 e. The molecule has 2 nitrogen and oxygen atoms in total. The van der Waals surface area contributed by atoms with Gasteiger partial charge >= 0.3 is 0 Å². The number of nitriles is 1. The summed E-state index contributed by atoms with van der Waals surface area (Å²) in [5.74, 6) is 1.91. The van der Waals surface area contributed by atoms with Crippen LogP contribution in [0.15, 0.2) is 18.2 Å². The second kappa shape index (κ2) is 4.30. The van der Waals surface area contributed by atoms with Gasteiger partial charge in [-0.05, 0) is 19.1 Å². The van der Waals surface area contributed by atoms with E-state index >= 15 is 0 Å². The Balaban J connectivity index is 3.05. The van der Waals surface area contributed by atoms with E-state index in [2.05, 4.69) is 5.92 Å². The van der Waals surface area contributed by atoms with Gasteiger partial charge < -0.3 is 4.74 Å². The summed E-state index contributed by atoms with van der Waals surface area (Å²) in [7, 11) is 0. The first-order chi connectivity index (χ1) is 6.69. The van der Waals surface area contributed by atoms with Gasteiger partial charge in [0.15, 0.2) is 6.10 Å². The van der Waals surface area contributed by atoms with E-state index in [1.165, 1.54) is 18.2 Å². The molecule has 0 bridgehead atoms. The molecule has 0 aliphatic rings. The minimum atomic E-state index is -0.603. The van der Waals surface area contributed by atoms with Crippen LogP contribution in [0.2, 0.25) is 0 Å². The van der Waals surface area contributed by atoms with Gasteiger partial charge in [0.1, 0.15) is 23.2 Å². The fourth-order valence-corrected chi connectivity index (χ4v) is 0.936. The van der Waals surface area contributed by atoms with Crippen LogP contribution in [0.3, 0.4) is 0 Å². The molecule has 1 aromatic rings. The molecule has 1 aromatic carbocycles. The highest BCUT2D eigenvalue weighted by Gasteiger charge is 2.10. The molecule has 70 valence electrons. The molecule has 0 fully saturated rings. The van der Waals surface area contributed by atoms with E-state index in [-0.39, 0.29) is 11.3 Å². The highest BCUT2D eigenvalue weighted by molar-refractivity contribution is 5.44. The largest absolute Gasteiger partial charge is 0.477 e. The number of hydrogen-bond acceptors (Lipinski definition) is 2. The maximum atomic E-state index is 13.1. The Hall–Kier alpha value is -2.00. The van der Waals surface area contributed by atoms with E-state index in [1.807, 2.05) is 0 Å². The normalized spacial score (nSPS) is 11.1. The zero-order valence-corrected chi connectivity index (χ0v) is 7.62. The molecule has 14 heavy (non-hydrogen) atoms. The van der Waals surface area contributed by atoms with Gasteiger partial charge in [-0.15, -0.1) is 6.42 Å². The van der Waals surface area contributed by atoms with Crippen LogP contribution in [-0.4, -0.2) is 6.10 Å². The molecule has 0 heterocycles. The van der Waals surface area contributed by atoms with Crippen LogP contribution in [0, 0.1) is 29.5 Å². The Morgan fingerprint density at radius 1 is 1.57 bits per heavy atom. The van der Waals surface area contributed by atoms with Gasteiger partial charge in [0.2, 0.25) is 0 Å². The van der Waals surface area contributed by atoms with Gasteiger partial charge in [0, 0.05) is 0 Å². The van der Waals surface area contributed by atoms with Crippen LogP contribution in [-0.2, 0) is 0 Å². The van der Waals surface area contributed by atoms with E-state index in [0.717, 1.165) is 0 Å². The lowest BCUT2D eigenvalue weighted by Gasteiger charge is -2.10. The lowest BCUT2D eigenvalue weighted by Crippen LogP contribution is -2.09. The molecule has 1 atom stereocenters. The van der Waals surface area contributed by atoms with E-state index in [0.29, 0.717) is 0 Å². The van der Waals surface area contributed by atoms with Gasteiger partial charge in [-0.3, -0.25) is 0 Å². The third-order valence-electron chi connectivity index (χ3n) is 1.63. The lowest BCUT2D eigenvalue weighted by atomic mass is 10.2. The van der Waals surface area contributed by atoms with E-state index in [9.17, 15) is 4.39 Å². The molecule has 1 rings (SSSR count). The summed E-state index contributed by atoms with van der Waals surface area (Å²) in [6.45, 7) is 1.64. The predicted octanol–water partition coefficient (Wildman–Crippen LogP) is 2.10. The summed E-state index contributed by atoms with van der Waals surface area (Å²) in [4.78, 5) is 0. The lowest BCUT2D eigenvalue weighted by molar-refractivity contribution is 0.277. The summed E-state index contributed by atoms with van der Waals surface area (Å²) in [6, 6.07) is 5.90. The minimum absolute atomic E-state index is 0.116. The molecule has 0 saturated heterocycles. The molecule has 1 unspecified atom stereocenters. The van der Waals surface area contributed by atoms with Crippen molar-refractivity contribution in [1.82, 2.24) is 0 Å². The zero-order chi connectivity index (χ0) is 10.6. The molecule has 0 aliphatic heterocycles. The average Bonchev–Trinajstić information content (AvgIpc) is 2.18. The highest BCUT2D eigenvalue weighted by atomic mass is 19.1. The highest BCUT2D eigenvalue weighted by Crippen LogP contribution is 2.21. The summed E-state index contributed by atoms with van der Waals surface area (Å²) < 4.78 is 18.2. The summed E-state index contributed by atoms with van der Waals surface area (Å²) >= 11 is 0. The Kier molecular flexibility index (Phi) is 3.09. The summed E-state index contributed by atoms with van der Waals surface area (Å²) in [5.41, 5.74) is -0.116. The van der Waals surface area contributed by atoms with Crippen molar-refractivity contribution in [2.45, 2.75) is 13.0 Å². The van der Waals surface area contributed by atoms with Gasteiger partial charge in [-0.25, -0.2) is 4.39 Å². The third-order valence-corrected chi connectivity index (χ3v) is 1.63. The van der Waals surface area contributed by atoms with E-state index in [4.69, 9.17) is 16.4 Å². The van der Waals surface area contributed by atoms with Crippen molar-refractivity contribution < 1.29 is 9.13 Å². The van der Waals surface area contributed by atoms with Crippen LogP contribution in [0.25, 0.3) is 0 Å². The van der Waals surface area contributed by atoms with Gasteiger partial charge in [-0.2, -0.15) is 5.26 Å². The number of hydrogen-bond donors (Lipinski definition) is 0. The molecule has 3 heteroatoms. The fraction of sp³-hybridized carbons (Fsp3) is 0.182. The van der Waals surface area contributed by atoms with Crippen molar-refractivity contribution in [1.29, 1.82) is 5.26 Å². The van der Waals surface area contributed by atoms with Crippen molar-refractivity contribution >= 4 is 0 Å². The molecule has 0 aliphatic carbocycles. The van der Waals surface area contributed by atoms with Crippen LogP contribution >= 0.6 is 0 Å². The second-order valence-electron chi connectivity index (χ2n) is 2.65. The maximum Gasteiger partial charge on any atom is 0.156 e. The number of ether oxygens (including phenoxy) is 1.